The fourth-order valence-electron chi connectivity index (χ4n) is 2.44. The number of anilines is 1. The minimum Gasteiger partial charge on any atom is -0.497 e. The number of nitrogens with one attached hydrogen (secondary N) is 2. The molecule has 0 radical (unpaired) electrons. The highest BCUT2D eigenvalue weighted by Crippen LogP contribution is 2.27. The third-order valence-electron chi connectivity index (χ3n) is 3.75. The van der Waals surface area contributed by atoms with E-state index < -0.39 is 0 Å². The van der Waals surface area contributed by atoms with Crippen molar-refractivity contribution in [3.63, 3.8) is 0 Å². The van der Waals surface area contributed by atoms with Crippen LogP contribution in [0.3, 0.4) is 0 Å². The third-order valence-corrected chi connectivity index (χ3v) is 4.75. The lowest BCUT2D eigenvalue weighted by molar-refractivity contribution is 0.251. The Morgan fingerprint density at radius 2 is 2.17 bits per heavy atom. The number of likely N-dealkylation sites (N-methyl/N-ethyl adjacent to an activating group) is 1. The van der Waals surface area contributed by atoms with Gasteiger partial charge in [-0.2, -0.15) is 0 Å². The lowest BCUT2D eigenvalue weighted by atomic mass is 10.2. The van der Waals surface area contributed by atoms with Crippen LogP contribution in [0.5, 0.6) is 5.75 Å². The number of fused-ring (bicyclic) bond motifs is 1. The van der Waals surface area contributed by atoms with Crippen molar-refractivity contribution < 1.29 is 9.53 Å². The number of ether oxygens (including phenoxy) is 1. The van der Waals surface area contributed by atoms with Crippen LogP contribution in [0.1, 0.15) is 16.1 Å². The molecule has 1 aliphatic heterocycles. The van der Waals surface area contributed by atoms with Crippen molar-refractivity contribution in [1.82, 2.24) is 15.2 Å². The van der Waals surface area contributed by atoms with Gasteiger partial charge >= 0.3 is 6.03 Å². The minimum atomic E-state index is -0.236. The second-order valence-corrected chi connectivity index (χ2v) is 6.62. The Bertz CT molecular complexity index is 684. The molecule has 2 N–H and O–H groups in total. The molecule has 1 aromatic heterocycles. The summed E-state index contributed by atoms with van der Waals surface area (Å²) in [6.45, 7) is 2.38. The lowest BCUT2D eigenvalue weighted by Crippen LogP contribution is -2.28. The van der Waals surface area contributed by atoms with Crippen LogP contribution in [0, 0.1) is 0 Å². The van der Waals surface area contributed by atoms with Gasteiger partial charge in [0.15, 0.2) is 5.13 Å². The van der Waals surface area contributed by atoms with Gasteiger partial charge < -0.3 is 15.0 Å². The van der Waals surface area contributed by atoms with Gasteiger partial charge in [0, 0.05) is 30.9 Å². The van der Waals surface area contributed by atoms with E-state index in [-0.39, 0.29) is 6.03 Å². The summed E-state index contributed by atoms with van der Waals surface area (Å²) < 4.78 is 5.11. The molecule has 0 saturated carbocycles. The summed E-state index contributed by atoms with van der Waals surface area (Å²) in [4.78, 5) is 20.0. The number of rotatable bonds is 4. The molecule has 2 amide bonds. The minimum absolute atomic E-state index is 0.236. The molecular weight excluding hydrogens is 312 g/mol. The van der Waals surface area contributed by atoms with Gasteiger partial charge in [-0.05, 0) is 24.7 Å². The van der Waals surface area contributed by atoms with Crippen LogP contribution in [-0.2, 0) is 19.5 Å². The molecule has 0 spiro atoms. The normalized spacial score (nSPS) is 14.2. The number of carbonyl (C=O) groups is 1. The molecular formula is C16H20N4O2S. The van der Waals surface area contributed by atoms with Crippen LogP contribution < -0.4 is 15.4 Å². The zero-order chi connectivity index (χ0) is 16.2. The van der Waals surface area contributed by atoms with E-state index in [2.05, 4.69) is 27.6 Å². The maximum atomic E-state index is 12.0. The van der Waals surface area contributed by atoms with E-state index in [0.29, 0.717) is 11.7 Å². The Labute approximate surface area is 139 Å². The number of aromatic nitrogens is 1. The molecule has 0 saturated heterocycles. The van der Waals surface area contributed by atoms with E-state index in [1.54, 1.807) is 18.4 Å². The summed E-state index contributed by atoms with van der Waals surface area (Å²) in [5, 5.41) is 6.32. The Balaban J connectivity index is 1.53. The molecule has 3 rings (SSSR count). The Morgan fingerprint density at radius 1 is 1.39 bits per heavy atom. The first kappa shape index (κ1) is 15.8. The van der Waals surface area contributed by atoms with E-state index in [1.807, 2.05) is 24.3 Å². The van der Waals surface area contributed by atoms with Gasteiger partial charge in [-0.1, -0.05) is 12.1 Å². The standard InChI is InChI=1S/C16H20N4O2S/c1-20-8-7-13-14(10-20)23-16(18-13)19-15(21)17-9-11-3-5-12(22-2)6-4-11/h3-6H,7-10H2,1-2H3,(H2,17,18,19,21). The number of hydrogen-bond donors (Lipinski definition) is 2. The van der Waals surface area contributed by atoms with Crippen molar-refractivity contribution in [1.29, 1.82) is 0 Å². The maximum Gasteiger partial charge on any atom is 0.321 e. The SMILES string of the molecule is COc1ccc(CNC(=O)Nc2nc3c(s2)CN(C)CC3)cc1. The van der Waals surface area contributed by atoms with Gasteiger partial charge in [-0.3, -0.25) is 5.32 Å². The number of nitrogens with zero attached hydrogens (tertiary/aromatic N) is 2. The predicted octanol–water partition coefficient (Wildman–Crippen LogP) is 2.46. The largest absolute Gasteiger partial charge is 0.497 e. The zero-order valence-corrected chi connectivity index (χ0v) is 14.1. The number of urea groups is 1. The number of methoxy groups -OCH3 is 1. The number of amides is 2. The monoisotopic (exact) mass is 332 g/mol. The van der Waals surface area contributed by atoms with E-state index in [4.69, 9.17) is 4.74 Å². The van der Waals surface area contributed by atoms with Crippen LogP contribution in [0.25, 0.3) is 0 Å². The van der Waals surface area contributed by atoms with Crippen LogP contribution in [0.15, 0.2) is 24.3 Å². The highest BCUT2D eigenvalue weighted by Gasteiger charge is 2.18. The van der Waals surface area contributed by atoms with Crippen molar-refractivity contribution in [2.75, 3.05) is 26.0 Å². The average molecular weight is 332 g/mol. The molecule has 2 aromatic rings. The van der Waals surface area contributed by atoms with E-state index in [0.717, 1.165) is 36.5 Å². The molecule has 1 aromatic carbocycles. The summed E-state index contributed by atoms with van der Waals surface area (Å²) in [5.74, 6) is 0.802. The van der Waals surface area contributed by atoms with Gasteiger partial charge in [-0.15, -0.1) is 11.3 Å². The third kappa shape index (κ3) is 4.00. The fraction of sp³-hybridized carbons (Fsp3) is 0.375. The summed E-state index contributed by atoms with van der Waals surface area (Å²) >= 11 is 1.55. The highest BCUT2D eigenvalue weighted by molar-refractivity contribution is 7.15. The molecule has 7 heteroatoms. The van der Waals surface area contributed by atoms with E-state index >= 15 is 0 Å². The summed E-state index contributed by atoms with van der Waals surface area (Å²) in [5.41, 5.74) is 2.12. The Hall–Kier alpha value is -2.12. The van der Waals surface area contributed by atoms with Crippen molar-refractivity contribution in [2.24, 2.45) is 0 Å². The van der Waals surface area contributed by atoms with E-state index in [9.17, 15) is 4.79 Å². The number of carbonyl (C=O) groups excluding carboxylic acids is 1. The highest BCUT2D eigenvalue weighted by atomic mass is 32.1. The molecule has 1 aliphatic rings. The van der Waals surface area contributed by atoms with Crippen molar-refractivity contribution in [2.45, 2.75) is 19.5 Å². The van der Waals surface area contributed by atoms with Crippen molar-refractivity contribution in [3.05, 3.63) is 40.4 Å². The Morgan fingerprint density at radius 3 is 2.91 bits per heavy atom. The van der Waals surface area contributed by atoms with Crippen LogP contribution in [-0.4, -0.2) is 36.6 Å². The molecule has 23 heavy (non-hydrogen) atoms. The van der Waals surface area contributed by atoms with Crippen LogP contribution in [0.2, 0.25) is 0 Å². The molecule has 0 bridgehead atoms. The molecule has 0 atom stereocenters. The zero-order valence-electron chi connectivity index (χ0n) is 13.3. The first-order valence-electron chi connectivity index (χ1n) is 7.49. The first-order valence-corrected chi connectivity index (χ1v) is 8.30. The quantitative estimate of drug-likeness (QED) is 0.903. The predicted molar refractivity (Wildman–Crippen MR) is 91.0 cm³/mol. The molecule has 0 fully saturated rings. The van der Waals surface area contributed by atoms with Crippen LogP contribution in [0.4, 0.5) is 9.93 Å². The second-order valence-electron chi connectivity index (χ2n) is 5.53. The van der Waals surface area contributed by atoms with Crippen molar-refractivity contribution in [3.8, 4) is 5.75 Å². The molecule has 122 valence electrons. The molecule has 0 aliphatic carbocycles. The summed E-state index contributed by atoms with van der Waals surface area (Å²) in [6.07, 6.45) is 0.942. The molecule has 6 nitrogen and oxygen atoms in total. The van der Waals surface area contributed by atoms with Crippen molar-refractivity contribution >= 4 is 22.5 Å². The Kier molecular flexibility index (Phi) is 4.78. The molecule has 2 heterocycles. The van der Waals surface area contributed by atoms with Crippen LogP contribution >= 0.6 is 11.3 Å². The van der Waals surface area contributed by atoms with Gasteiger partial charge in [0.25, 0.3) is 0 Å². The lowest BCUT2D eigenvalue weighted by Gasteiger charge is -2.20. The molecule has 0 unspecified atom stereocenters. The average Bonchev–Trinajstić information content (AvgIpc) is 2.94. The van der Waals surface area contributed by atoms with E-state index in [1.165, 1.54) is 4.88 Å². The second kappa shape index (κ2) is 6.97. The first-order chi connectivity index (χ1) is 11.1. The summed E-state index contributed by atoms with van der Waals surface area (Å²) in [6, 6.07) is 7.37. The number of benzene rings is 1. The maximum absolute atomic E-state index is 12.0. The number of hydrogen-bond acceptors (Lipinski definition) is 5. The van der Waals surface area contributed by atoms with Gasteiger partial charge in [-0.25, -0.2) is 9.78 Å². The van der Waals surface area contributed by atoms with Gasteiger partial charge in [0.05, 0.1) is 12.8 Å². The fourth-order valence-corrected chi connectivity index (χ4v) is 3.53. The summed E-state index contributed by atoms with van der Waals surface area (Å²) in [7, 11) is 3.73. The topological polar surface area (TPSA) is 66.5 Å². The van der Waals surface area contributed by atoms with Gasteiger partial charge in [0.2, 0.25) is 0 Å². The van der Waals surface area contributed by atoms with Gasteiger partial charge in [0.1, 0.15) is 5.75 Å². The smallest absolute Gasteiger partial charge is 0.321 e. The number of thiazole rings is 1.